The van der Waals surface area contributed by atoms with Crippen molar-refractivity contribution in [3.8, 4) is 0 Å². The maximum atomic E-state index is 12.2. The van der Waals surface area contributed by atoms with E-state index in [0.29, 0.717) is 0 Å². The summed E-state index contributed by atoms with van der Waals surface area (Å²) in [6.07, 6.45) is 0.988. The Morgan fingerprint density at radius 3 is 2.44 bits per heavy atom. The van der Waals surface area contributed by atoms with E-state index in [1.165, 1.54) is 12.1 Å². The van der Waals surface area contributed by atoms with Gasteiger partial charge in [0.25, 0.3) is 0 Å². The average Bonchev–Trinajstić information content (AvgIpc) is 2.65. The van der Waals surface area contributed by atoms with Crippen molar-refractivity contribution in [2.75, 3.05) is 13.1 Å². The minimum atomic E-state index is -4.22. The number of benzene rings is 1. The molecule has 0 saturated carbocycles. The fourth-order valence-corrected chi connectivity index (χ4v) is 2.60. The third-order valence-electron chi connectivity index (χ3n) is 2.87. The Morgan fingerprint density at radius 2 is 1.94 bits per heavy atom. The van der Waals surface area contributed by atoms with Crippen LogP contribution in [0.3, 0.4) is 0 Å². The quantitative estimate of drug-likeness (QED) is 0.861. The van der Waals surface area contributed by atoms with Gasteiger partial charge in [0, 0.05) is 30.6 Å². The molecule has 1 aromatic rings. The molecule has 1 fully saturated rings. The van der Waals surface area contributed by atoms with Crippen LogP contribution in [0, 0.1) is 0 Å². The van der Waals surface area contributed by atoms with Crippen LogP contribution < -0.4 is 5.73 Å². The van der Waals surface area contributed by atoms with Crippen molar-refractivity contribution in [2.24, 2.45) is 5.73 Å². The van der Waals surface area contributed by atoms with Gasteiger partial charge in [0.1, 0.15) is 0 Å². The van der Waals surface area contributed by atoms with Gasteiger partial charge in [-0.3, -0.25) is 4.90 Å². The normalized spacial score (nSPS) is 21.4. The number of rotatable bonds is 3. The molecule has 100 valence electrons. The molecule has 0 amide bonds. The van der Waals surface area contributed by atoms with E-state index in [9.17, 15) is 13.2 Å². The molecule has 0 aliphatic carbocycles. The van der Waals surface area contributed by atoms with Gasteiger partial charge in [-0.1, -0.05) is 12.1 Å². The molecule has 18 heavy (non-hydrogen) atoms. The lowest BCUT2D eigenvalue weighted by Gasteiger charge is -2.15. The summed E-state index contributed by atoms with van der Waals surface area (Å²) in [5, 5.41) is 0. The summed E-state index contributed by atoms with van der Waals surface area (Å²) in [6, 6.07) is 6.76. The van der Waals surface area contributed by atoms with E-state index >= 15 is 0 Å². The van der Waals surface area contributed by atoms with E-state index in [-0.39, 0.29) is 22.7 Å². The molecule has 1 heterocycles. The van der Waals surface area contributed by atoms with Crippen LogP contribution in [0.1, 0.15) is 12.0 Å². The molecular formula is C12H15F3N2S. The molecular weight excluding hydrogens is 261 g/mol. The van der Waals surface area contributed by atoms with Crippen LogP contribution in [0.4, 0.5) is 13.2 Å². The fourth-order valence-electron chi connectivity index (χ4n) is 2.06. The first-order chi connectivity index (χ1) is 8.42. The molecule has 1 unspecified atom stereocenters. The van der Waals surface area contributed by atoms with Crippen molar-refractivity contribution in [1.29, 1.82) is 0 Å². The van der Waals surface area contributed by atoms with Crippen LogP contribution in [-0.4, -0.2) is 29.5 Å². The summed E-state index contributed by atoms with van der Waals surface area (Å²) in [5.41, 5.74) is 2.61. The summed E-state index contributed by atoms with van der Waals surface area (Å²) >= 11 is -0.0810. The first-order valence-electron chi connectivity index (χ1n) is 5.75. The molecule has 0 bridgehead atoms. The van der Waals surface area contributed by atoms with Crippen molar-refractivity contribution in [1.82, 2.24) is 4.90 Å². The summed E-state index contributed by atoms with van der Waals surface area (Å²) in [6.45, 7) is 2.57. The van der Waals surface area contributed by atoms with E-state index in [1.54, 1.807) is 12.1 Å². The number of alkyl halides is 3. The summed E-state index contributed by atoms with van der Waals surface area (Å²) in [7, 11) is 0. The molecule has 6 heteroatoms. The topological polar surface area (TPSA) is 29.3 Å². The Hall–Kier alpha value is -0.720. The predicted octanol–water partition coefficient (Wildman–Crippen LogP) is 2.83. The molecule has 0 aromatic heterocycles. The zero-order valence-electron chi connectivity index (χ0n) is 9.78. The molecule has 1 atom stereocenters. The molecule has 2 nitrogen and oxygen atoms in total. The SMILES string of the molecule is NC1CCN(Cc2ccc(SC(F)(F)F)cc2)C1. The van der Waals surface area contributed by atoms with E-state index in [4.69, 9.17) is 5.73 Å². The first-order valence-corrected chi connectivity index (χ1v) is 6.57. The average molecular weight is 276 g/mol. The van der Waals surface area contributed by atoms with E-state index < -0.39 is 5.51 Å². The molecule has 2 N–H and O–H groups in total. The van der Waals surface area contributed by atoms with Gasteiger partial charge in [0.05, 0.1) is 0 Å². The molecule has 0 spiro atoms. The Balaban J connectivity index is 1.91. The van der Waals surface area contributed by atoms with Gasteiger partial charge < -0.3 is 5.73 Å². The highest BCUT2D eigenvalue weighted by Gasteiger charge is 2.29. The largest absolute Gasteiger partial charge is 0.446 e. The highest BCUT2D eigenvalue weighted by molar-refractivity contribution is 8.00. The molecule has 0 radical (unpaired) electrons. The van der Waals surface area contributed by atoms with Crippen LogP contribution in [0.2, 0.25) is 0 Å². The second-order valence-electron chi connectivity index (χ2n) is 4.48. The van der Waals surface area contributed by atoms with Crippen molar-refractivity contribution in [3.63, 3.8) is 0 Å². The third kappa shape index (κ3) is 4.19. The number of halogens is 3. The van der Waals surface area contributed by atoms with Crippen LogP contribution in [-0.2, 0) is 6.54 Å². The minimum absolute atomic E-state index is 0.0810. The summed E-state index contributed by atoms with van der Waals surface area (Å²) in [4.78, 5) is 2.45. The summed E-state index contributed by atoms with van der Waals surface area (Å²) < 4.78 is 36.5. The van der Waals surface area contributed by atoms with Gasteiger partial charge in [-0.2, -0.15) is 13.2 Å². The lowest BCUT2D eigenvalue weighted by Crippen LogP contribution is -2.26. The fraction of sp³-hybridized carbons (Fsp3) is 0.500. The van der Waals surface area contributed by atoms with Crippen molar-refractivity contribution < 1.29 is 13.2 Å². The molecule has 2 rings (SSSR count). The highest BCUT2D eigenvalue weighted by Crippen LogP contribution is 2.36. The van der Waals surface area contributed by atoms with Gasteiger partial charge in [-0.05, 0) is 35.9 Å². The Morgan fingerprint density at radius 1 is 1.28 bits per heavy atom. The molecule has 1 aliphatic rings. The zero-order chi connectivity index (χ0) is 13.2. The Kier molecular flexibility index (Phi) is 4.19. The number of hydrogen-bond acceptors (Lipinski definition) is 3. The number of nitrogens with zero attached hydrogens (tertiary/aromatic N) is 1. The molecule has 1 aliphatic heterocycles. The second-order valence-corrected chi connectivity index (χ2v) is 5.61. The van der Waals surface area contributed by atoms with Gasteiger partial charge >= 0.3 is 5.51 Å². The monoisotopic (exact) mass is 276 g/mol. The van der Waals surface area contributed by atoms with Crippen molar-refractivity contribution in [3.05, 3.63) is 29.8 Å². The number of thioether (sulfide) groups is 1. The first kappa shape index (κ1) is 13.7. The number of hydrogen-bond donors (Lipinski definition) is 1. The number of nitrogens with two attached hydrogens (primary N) is 1. The predicted molar refractivity (Wildman–Crippen MR) is 66.2 cm³/mol. The van der Waals surface area contributed by atoms with E-state index in [0.717, 1.165) is 31.6 Å². The van der Waals surface area contributed by atoms with Gasteiger partial charge in [0.15, 0.2) is 0 Å². The lowest BCUT2D eigenvalue weighted by molar-refractivity contribution is -0.0328. The maximum absolute atomic E-state index is 12.2. The van der Waals surface area contributed by atoms with Gasteiger partial charge in [-0.25, -0.2) is 0 Å². The van der Waals surface area contributed by atoms with Crippen LogP contribution in [0.15, 0.2) is 29.2 Å². The number of likely N-dealkylation sites (tertiary alicyclic amines) is 1. The minimum Gasteiger partial charge on any atom is -0.326 e. The zero-order valence-corrected chi connectivity index (χ0v) is 10.6. The van der Waals surface area contributed by atoms with Crippen LogP contribution >= 0.6 is 11.8 Å². The summed E-state index contributed by atoms with van der Waals surface area (Å²) in [5.74, 6) is 0. The lowest BCUT2D eigenvalue weighted by atomic mass is 10.2. The second kappa shape index (κ2) is 5.50. The van der Waals surface area contributed by atoms with Crippen LogP contribution in [0.5, 0.6) is 0 Å². The van der Waals surface area contributed by atoms with Crippen LogP contribution in [0.25, 0.3) is 0 Å². The Labute approximate surface area is 108 Å². The Bertz CT molecular complexity index is 391. The van der Waals surface area contributed by atoms with Crippen molar-refractivity contribution in [2.45, 2.75) is 29.4 Å². The smallest absolute Gasteiger partial charge is 0.326 e. The van der Waals surface area contributed by atoms with Crippen molar-refractivity contribution >= 4 is 11.8 Å². The maximum Gasteiger partial charge on any atom is 0.446 e. The molecule has 1 saturated heterocycles. The highest BCUT2D eigenvalue weighted by atomic mass is 32.2. The van der Waals surface area contributed by atoms with Gasteiger partial charge in [-0.15, -0.1) is 0 Å². The van der Waals surface area contributed by atoms with E-state index in [2.05, 4.69) is 4.90 Å². The third-order valence-corrected chi connectivity index (χ3v) is 3.61. The van der Waals surface area contributed by atoms with E-state index in [1.807, 2.05) is 0 Å². The molecule has 1 aromatic carbocycles. The standard InChI is InChI=1S/C12H15F3N2S/c13-12(14,15)18-11-3-1-9(2-4-11)7-17-6-5-10(16)8-17/h1-4,10H,5-8,16H2. The van der Waals surface area contributed by atoms with Gasteiger partial charge in [0.2, 0.25) is 0 Å².